The van der Waals surface area contributed by atoms with Gasteiger partial charge in [-0.2, -0.15) is 5.10 Å². The van der Waals surface area contributed by atoms with Gasteiger partial charge in [-0.15, -0.1) is 0 Å². The van der Waals surface area contributed by atoms with E-state index >= 15 is 0 Å². The molecule has 1 aliphatic rings. The number of aromatic nitrogens is 2. The molecule has 3 rings (SSSR count). The third-order valence-corrected chi connectivity index (χ3v) is 4.41. The molecule has 2 aromatic rings. The van der Waals surface area contributed by atoms with Gasteiger partial charge in [0.25, 0.3) is 0 Å². The van der Waals surface area contributed by atoms with Gasteiger partial charge < -0.3 is 0 Å². The zero-order chi connectivity index (χ0) is 13.4. The molecule has 0 atom stereocenters. The second kappa shape index (κ2) is 5.35. The lowest BCUT2D eigenvalue weighted by Crippen LogP contribution is -1.99. The first-order valence-electron chi connectivity index (χ1n) is 6.38. The molecule has 0 N–H and O–H groups in total. The summed E-state index contributed by atoms with van der Waals surface area (Å²) in [5.41, 5.74) is 3.06. The van der Waals surface area contributed by atoms with E-state index in [0.29, 0.717) is 15.2 Å². The third-order valence-electron chi connectivity index (χ3n) is 3.48. The van der Waals surface area contributed by atoms with Crippen LogP contribution in [0.4, 0.5) is 0 Å². The van der Waals surface area contributed by atoms with Gasteiger partial charge in [-0.3, -0.25) is 0 Å². The fraction of sp³-hybridized carbons (Fsp3) is 0.357. The number of nitrogens with zero attached hydrogens (tertiary/aromatic N) is 2. The Morgan fingerprint density at radius 3 is 2.58 bits per heavy atom. The SMILES string of the molecule is Clc1ccc(-n2nc3c(c2Cl)CCCCC3)c(Cl)c1. The Bertz CT molecular complexity index is 619. The largest absolute Gasteiger partial charge is 0.220 e. The zero-order valence-electron chi connectivity index (χ0n) is 10.3. The molecular formula is C14H13Cl3N2. The van der Waals surface area contributed by atoms with Crippen molar-refractivity contribution in [3.05, 3.63) is 44.7 Å². The molecule has 0 saturated carbocycles. The molecule has 0 aliphatic heterocycles. The van der Waals surface area contributed by atoms with Crippen molar-refractivity contribution in [3.63, 3.8) is 0 Å². The molecular weight excluding hydrogens is 303 g/mol. The van der Waals surface area contributed by atoms with Crippen molar-refractivity contribution in [1.29, 1.82) is 0 Å². The molecule has 0 fully saturated rings. The Morgan fingerprint density at radius 2 is 1.79 bits per heavy atom. The van der Waals surface area contributed by atoms with Gasteiger partial charge in [0.15, 0.2) is 0 Å². The van der Waals surface area contributed by atoms with Gasteiger partial charge in [0.2, 0.25) is 0 Å². The fourth-order valence-electron chi connectivity index (χ4n) is 2.50. The first kappa shape index (κ1) is 13.3. The Hall–Kier alpha value is -0.700. The quantitative estimate of drug-likeness (QED) is 0.669. The molecule has 2 nitrogen and oxygen atoms in total. The molecule has 1 heterocycles. The highest BCUT2D eigenvalue weighted by molar-refractivity contribution is 6.36. The molecule has 19 heavy (non-hydrogen) atoms. The Morgan fingerprint density at radius 1 is 1.00 bits per heavy atom. The third kappa shape index (κ3) is 2.49. The lowest BCUT2D eigenvalue weighted by molar-refractivity contribution is 0.694. The second-order valence-corrected chi connectivity index (χ2v) is 5.99. The van der Waals surface area contributed by atoms with Crippen LogP contribution in [-0.4, -0.2) is 9.78 Å². The van der Waals surface area contributed by atoms with Crippen LogP contribution in [0.2, 0.25) is 15.2 Å². The van der Waals surface area contributed by atoms with Crippen molar-refractivity contribution in [1.82, 2.24) is 9.78 Å². The van der Waals surface area contributed by atoms with Crippen LogP contribution in [0.25, 0.3) is 5.69 Å². The van der Waals surface area contributed by atoms with Gasteiger partial charge in [-0.25, -0.2) is 4.68 Å². The topological polar surface area (TPSA) is 17.8 Å². The maximum atomic E-state index is 6.47. The monoisotopic (exact) mass is 314 g/mol. The van der Waals surface area contributed by atoms with E-state index in [9.17, 15) is 0 Å². The van der Waals surface area contributed by atoms with E-state index in [4.69, 9.17) is 34.8 Å². The van der Waals surface area contributed by atoms with Crippen molar-refractivity contribution in [3.8, 4) is 5.69 Å². The summed E-state index contributed by atoms with van der Waals surface area (Å²) in [5, 5.41) is 6.48. The van der Waals surface area contributed by atoms with Crippen molar-refractivity contribution in [2.24, 2.45) is 0 Å². The van der Waals surface area contributed by atoms with Crippen molar-refractivity contribution in [2.75, 3.05) is 0 Å². The van der Waals surface area contributed by atoms with E-state index < -0.39 is 0 Å². The lowest BCUT2D eigenvalue weighted by atomic mass is 10.1. The molecule has 0 spiro atoms. The van der Waals surface area contributed by atoms with Crippen LogP contribution < -0.4 is 0 Å². The smallest absolute Gasteiger partial charge is 0.136 e. The standard InChI is InChI=1S/C14H13Cl3N2/c15-9-6-7-13(11(16)8-9)19-14(17)10-4-2-1-3-5-12(10)18-19/h6-8H,1-5H2. The van der Waals surface area contributed by atoms with E-state index in [1.165, 1.54) is 24.8 Å². The number of hydrogen-bond acceptors (Lipinski definition) is 1. The van der Waals surface area contributed by atoms with Gasteiger partial charge in [-0.1, -0.05) is 41.2 Å². The van der Waals surface area contributed by atoms with Crippen LogP contribution in [0.3, 0.4) is 0 Å². The number of rotatable bonds is 1. The van der Waals surface area contributed by atoms with Gasteiger partial charge >= 0.3 is 0 Å². The maximum Gasteiger partial charge on any atom is 0.136 e. The first-order valence-corrected chi connectivity index (χ1v) is 7.52. The van der Waals surface area contributed by atoms with Gasteiger partial charge in [0, 0.05) is 10.6 Å². The Labute approximate surface area is 127 Å². The molecule has 0 unspecified atom stereocenters. The minimum atomic E-state index is 0.562. The first-order chi connectivity index (χ1) is 9.16. The molecule has 0 amide bonds. The van der Waals surface area contributed by atoms with Gasteiger partial charge in [0.1, 0.15) is 5.15 Å². The Kier molecular flexibility index (Phi) is 3.75. The van der Waals surface area contributed by atoms with Crippen molar-refractivity contribution < 1.29 is 0 Å². The molecule has 1 aromatic heterocycles. The van der Waals surface area contributed by atoms with Crippen LogP contribution >= 0.6 is 34.8 Å². The summed E-state index contributed by atoms with van der Waals surface area (Å²) in [5.74, 6) is 0. The predicted octanol–water partition coefficient (Wildman–Crippen LogP) is 5.10. The molecule has 1 aliphatic carbocycles. The van der Waals surface area contributed by atoms with Crippen LogP contribution in [0.15, 0.2) is 18.2 Å². The highest BCUT2D eigenvalue weighted by Crippen LogP contribution is 2.32. The maximum absolute atomic E-state index is 6.47. The zero-order valence-corrected chi connectivity index (χ0v) is 12.6. The average molecular weight is 316 g/mol. The van der Waals surface area contributed by atoms with Gasteiger partial charge in [-0.05, 0) is 43.9 Å². The number of hydrogen-bond donors (Lipinski definition) is 0. The Balaban J connectivity index is 2.11. The second-order valence-electron chi connectivity index (χ2n) is 4.78. The molecule has 0 saturated heterocycles. The fourth-order valence-corrected chi connectivity index (χ4v) is 3.32. The normalized spacial score (nSPS) is 15.1. The minimum absolute atomic E-state index is 0.562. The van der Waals surface area contributed by atoms with Crippen LogP contribution in [-0.2, 0) is 12.8 Å². The summed E-state index contributed by atoms with van der Waals surface area (Å²) in [4.78, 5) is 0. The molecule has 1 aromatic carbocycles. The summed E-state index contributed by atoms with van der Waals surface area (Å²) in [6.07, 6.45) is 5.59. The molecule has 5 heteroatoms. The summed E-state index contributed by atoms with van der Waals surface area (Å²) in [7, 11) is 0. The summed E-state index contributed by atoms with van der Waals surface area (Å²) in [6, 6.07) is 5.36. The minimum Gasteiger partial charge on any atom is -0.220 e. The van der Waals surface area contributed by atoms with E-state index in [0.717, 1.165) is 24.2 Å². The highest BCUT2D eigenvalue weighted by Gasteiger charge is 2.20. The summed E-state index contributed by atoms with van der Waals surface area (Å²) >= 11 is 18.6. The predicted molar refractivity (Wildman–Crippen MR) is 79.9 cm³/mol. The van der Waals surface area contributed by atoms with Crippen LogP contribution in [0.5, 0.6) is 0 Å². The summed E-state index contributed by atoms with van der Waals surface area (Å²) < 4.78 is 1.73. The van der Waals surface area contributed by atoms with E-state index in [1.54, 1.807) is 16.8 Å². The van der Waals surface area contributed by atoms with Crippen molar-refractivity contribution >= 4 is 34.8 Å². The lowest BCUT2D eigenvalue weighted by Gasteiger charge is -2.06. The van der Waals surface area contributed by atoms with Crippen molar-refractivity contribution in [2.45, 2.75) is 32.1 Å². The highest BCUT2D eigenvalue weighted by atomic mass is 35.5. The molecule has 0 radical (unpaired) electrons. The molecule has 100 valence electrons. The summed E-state index contributed by atoms with van der Waals surface area (Å²) in [6.45, 7) is 0. The van der Waals surface area contributed by atoms with Crippen LogP contribution in [0.1, 0.15) is 30.5 Å². The number of halogens is 3. The number of benzene rings is 1. The average Bonchev–Trinajstić information content (AvgIpc) is 2.57. The van der Waals surface area contributed by atoms with E-state index in [2.05, 4.69) is 5.10 Å². The number of aryl methyl sites for hydroxylation is 1. The van der Waals surface area contributed by atoms with E-state index in [1.807, 2.05) is 6.07 Å². The van der Waals surface area contributed by atoms with E-state index in [-0.39, 0.29) is 0 Å². The van der Waals surface area contributed by atoms with Gasteiger partial charge in [0.05, 0.1) is 16.4 Å². The van der Waals surface area contributed by atoms with Crippen LogP contribution in [0, 0.1) is 0 Å². The number of fused-ring (bicyclic) bond motifs is 1. The molecule has 0 bridgehead atoms.